The summed E-state index contributed by atoms with van der Waals surface area (Å²) in [5, 5.41) is 0. The topological polar surface area (TPSA) is 116 Å². The lowest BCUT2D eigenvalue weighted by atomic mass is 10.3. The highest BCUT2D eigenvalue weighted by Crippen LogP contribution is 2.08. The Morgan fingerprint density at radius 1 is 1.14 bits per heavy atom. The van der Waals surface area contributed by atoms with Gasteiger partial charge in [-0.05, 0) is 6.92 Å². The Labute approximate surface area is 85.5 Å². The molecule has 0 spiro atoms. The lowest BCUT2D eigenvalue weighted by Crippen LogP contribution is -2.47. The van der Waals surface area contributed by atoms with Gasteiger partial charge in [0.25, 0.3) is 0 Å². The van der Waals surface area contributed by atoms with Gasteiger partial charge in [-0.3, -0.25) is 4.90 Å². The zero-order valence-corrected chi connectivity index (χ0v) is 9.56. The van der Waals surface area contributed by atoms with Crippen molar-refractivity contribution in [2.75, 3.05) is 26.2 Å². The SMILES string of the molecule is CC(C[Si](O)(O)O)N(CCN)CCN. The van der Waals surface area contributed by atoms with Gasteiger partial charge >= 0.3 is 8.80 Å². The second kappa shape index (κ2) is 6.46. The van der Waals surface area contributed by atoms with Crippen molar-refractivity contribution in [2.24, 2.45) is 11.5 Å². The molecule has 0 fully saturated rings. The molecule has 6 nitrogen and oxygen atoms in total. The second-order valence-corrected chi connectivity index (χ2v) is 5.40. The van der Waals surface area contributed by atoms with E-state index in [1.807, 2.05) is 11.8 Å². The zero-order valence-electron chi connectivity index (χ0n) is 8.56. The van der Waals surface area contributed by atoms with Crippen LogP contribution in [0, 0.1) is 0 Å². The Hall–Kier alpha value is -0.0231. The van der Waals surface area contributed by atoms with Crippen LogP contribution in [0.1, 0.15) is 6.92 Å². The highest BCUT2D eigenvalue weighted by molar-refractivity contribution is 6.56. The average Bonchev–Trinajstić information content (AvgIpc) is 2.01. The summed E-state index contributed by atoms with van der Waals surface area (Å²) in [6.45, 7) is 4.07. The van der Waals surface area contributed by atoms with E-state index in [9.17, 15) is 0 Å². The molecule has 14 heavy (non-hydrogen) atoms. The Morgan fingerprint density at radius 2 is 1.57 bits per heavy atom. The van der Waals surface area contributed by atoms with E-state index in [0.29, 0.717) is 26.2 Å². The first kappa shape index (κ1) is 14.0. The van der Waals surface area contributed by atoms with Crippen LogP contribution < -0.4 is 11.5 Å². The predicted octanol–water partition coefficient (Wildman–Crippen LogP) is -2.49. The molecule has 1 unspecified atom stereocenters. The summed E-state index contributed by atoms with van der Waals surface area (Å²) in [6, 6.07) is -0.124. The van der Waals surface area contributed by atoms with Crippen molar-refractivity contribution >= 4 is 8.80 Å². The third-order valence-corrected chi connectivity index (χ3v) is 3.16. The number of nitrogens with two attached hydrogens (primary N) is 2. The Balaban J connectivity index is 4.06. The Kier molecular flexibility index (Phi) is 6.45. The molecular weight excluding hydrogens is 202 g/mol. The van der Waals surface area contributed by atoms with E-state index >= 15 is 0 Å². The monoisotopic (exact) mass is 223 g/mol. The molecule has 0 aromatic carbocycles. The molecule has 0 aliphatic heterocycles. The highest BCUT2D eigenvalue weighted by Gasteiger charge is 2.31. The summed E-state index contributed by atoms with van der Waals surface area (Å²) >= 11 is 0. The molecule has 7 N–H and O–H groups in total. The maximum Gasteiger partial charge on any atom is 0.494 e. The molecule has 0 aliphatic rings. The minimum Gasteiger partial charge on any atom is -0.390 e. The third kappa shape index (κ3) is 6.43. The molecule has 86 valence electrons. The van der Waals surface area contributed by atoms with Crippen molar-refractivity contribution in [3.63, 3.8) is 0 Å². The quantitative estimate of drug-likeness (QED) is 0.305. The highest BCUT2D eigenvalue weighted by atomic mass is 28.4. The van der Waals surface area contributed by atoms with Crippen molar-refractivity contribution in [3.05, 3.63) is 0 Å². The third-order valence-electron chi connectivity index (χ3n) is 2.03. The van der Waals surface area contributed by atoms with Crippen molar-refractivity contribution in [3.8, 4) is 0 Å². The van der Waals surface area contributed by atoms with Gasteiger partial charge in [0.05, 0.1) is 0 Å². The maximum absolute atomic E-state index is 8.93. The van der Waals surface area contributed by atoms with Gasteiger partial charge in [-0.2, -0.15) is 0 Å². The van der Waals surface area contributed by atoms with Crippen LogP contribution in [0.15, 0.2) is 0 Å². The minimum atomic E-state index is -3.96. The molecule has 7 heteroatoms. The Morgan fingerprint density at radius 3 is 1.86 bits per heavy atom. The Bertz CT molecular complexity index is 148. The van der Waals surface area contributed by atoms with Crippen LogP contribution in [0.4, 0.5) is 0 Å². The predicted molar refractivity (Wildman–Crippen MR) is 56.4 cm³/mol. The fraction of sp³-hybridized carbons (Fsp3) is 1.00. The lowest BCUT2D eigenvalue weighted by Gasteiger charge is -2.29. The van der Waals surface area contributed by atoms with Crippen LogP contribution in [0.2, 0.25) is 6.04 Å². The fourth-order valence-corrected chi connectivity index (χ4v) is 2.46. The molecule has 0 bridgehead atoms. The molecule has 0 saturated heterocycles. The van der Waals surface area contributed by atoms with Crippen LogP contribution >= 0.6 is 0 Å². The molecule has 1 atom stereocenters. The number of hydrogen-bond acceptors (Lipinski definition) is 6. The average molecular weight is 223 g/mol. The number of nitrogens with zero attached hydrogens (tertiary/aromatic N) is 1. The largest absolute Gasteiger partial charge is 0.494 e. The van der Waals surface area contributed by atoms with Gasteiger partial charge in [-0.25, -0.2) is 0 Å². The first-order valence-corrected chi connectivity index (χ1v) is 6.77. The van der Waals surface area contributed by atoms with Gasteiger partial charge in [0.15, 0.2) is 0 Å². The van der Waals surface area contributed by atoms with Gasteiger partial charge in [0.1, 0.15) is 0 Å². The molecule has 0 aromatic rings. The van der Waals surface area contributed by atoms with Crippen molar-refractivity contribution in [2.45, 2.75) is 19.0 Å². The number of hydrogen-bond donors (Lipinski definition) is 5. The summed E-state index contributed by atoms with van der Waals surface area (Å²) in [7, 11) is -3.96. The minimum absolute atomic E-state index is 0.00694. The van der Waals surface area contributed by atoms with E-state index in [4.69, 9.17) is 25.9 Å². The van der Waals surface area contributed by atoms with Crippen molar-refractivity contribution in [1.82, 2.24) is 4.90 Å². The van der Waals surface area contributed by atoms with E-state index in [2.05, 4.69) is 0 Å². The van der Waals surface area contributed by atoms with Crippen LogP contribution in [0.3, 0.4) is 0 Å². The summed E-state index contributed by atoms with van der Waals surface area (Å²) < 4.78 is 0. The molecular formula is C7H21N3O3Si. The zero-order chi connectivity index (χ0) is 11.2. The first-order chi connectivity index (χ1) is 6.40. The van der Waals surface area contributed by atoms with E-state index in [-0.39, 0.29) is 12.1 Å². The summed E-state index contributed by atoms with van der Waals surface area (Å²) in [5.41, 5.74) is 10.8. The molecule has 0 radical (unpaired) electrons. The standard InChI is InChI=1S/C7H21N3O3Si/c1-7(6-14(11,12)13)10(4-2-8)5-3-9/h7,11-13H,2-6,8-9H2,1H3. The maximum atomic E-state index is 8.93. The summed E-state index contributed by atoms with van der Waals surface area (Å²) in [6.07, 6.45) is 0. The van der Waals surface area contributed by atoms with Crippen LogP contribution in [0.5, 0.6) is 0 Å². The van der Waals surface area contributed by atoms with E-state index in [1.165, 1.54) is 0 Å². The van der Waals surface area contributed by atoms with E-state index in [1.54, 1.807) is 0 Å². The molecule has 0 saturated carbocycles. The molecule has 0 aromatic heterocycles. The van der Waals surface area contributed by atoms with Gasteiger partial charge in [-0.1, -0.05) is 0 Å². The fourth-order valence-electron chi connectivity index (χ4n) is 1.41. The van der Waals surface area contributed by atoms with Crippen molar-refractivity contribution < 1.29 is 14.4 Å². The first-order valence-electron chi connectivity index (χ1n) is 4.72. The van der Waals surface area contributed by atoms with E-state index < -0.39 is 8.80 Å². The molecule has 0 amide bonds. The molecule has 0 heterocycles. The van der Waals surface area contributed by atoms with Crippen LogP contribution in [-0.4, -0.2) is 60.3 Å². The van der Waals surface area contributed by atoms with Gasteiger partial charge < -0.3 is 25.9 Å². The smallest absolute Gasteiger partial charge is 0.390 e. The second-order valence-electron chi connectivity index (χ2n) is 3.44. The van der Waals surface area contributed by atoms with Crippen LogP contribution in [0.25, 0.3) is 0 Å². The van der Waals surface area contributed by atoms with Gasteiger partial charge in [-0.15, -0.1) is 0 Å². The van der Waals surface area contributed by atoms with Gasteiger partial charge in [0.2, 0.25) is 0 Å². The summed E-state index contributed by atoms with van der Waals surface area (Å²) in [4.78, 5) is 28.7. The molecule has 0 rings (SSSR count). The summed E-state index contributed by atoms with van der Waals surface area (Å²) in [5.74, 6) is 0. The van der Waals surface area contributed by atoms with Crippen molar-refractivity contribution in [1.29, 1.82) is 0 Å². The number of rotatable bonds is 7. The van der Waals surface area contributed by atoms with Crippen LogP contribution in [-0.2, 0) is 0 Å². The normalized spacial score (nSPS) is 14.8. The van der Waals surface area contributed by atoms with E-state index in [0.717, 1.165) is 0 Å². The lowest BCUT2D eigenvalue weighted by molar-refractivity contribution is 0.181. The molecule has 0 aliphatic carbocycles. The van der Waals surface area contributed by atoms with Gasteiger partial charge in [0, 0.05) is 38.3 Å².